The molecule has 23 heavy (non-hydrogen) atoms. The molecule has 0 unspecified atom stereocenters. The molecule has 3 rings (SSSR count). The number of nitrogens with one attached hydrogen (secondary N) is 1. The Morgan fingerprint density at radius 3 is 2.13 bits per heavy atom. The van der Waals surface area contributed by atoms with Gasteiger partial charge in [-0.05, 0) is 44.7 Å². The van der Waals surface area contributed by atoms with E-state index in [1.165, 1.54) is 6.92 Å². The number of anilines is 1. The molecule has 2 aliphatic rings. The van der Waals surface area contributed by atoms with Crippen LogP contribution in [0.4, 0.5) is 19.0 Å². The molecule has 0 spiro atoms. The molecule has 2 amide bonds. The molecule has 1 aliphatic carbocycles. The summed E-state index contributed by atoms with van der Waals surface area (Å²) in [5.41, 5.74) is 2.46. The average molecular weight is 325 g/mol. The average Bonchev–Trinajstić information content (AvgIpc) is 2.72. The van der Waals surface area contributed by atoms with Crippen LogP contribution in [0, 0.1) is 6.92 Å². The van der Waals surface area contributed by atoms with Gasteiger partial charge in [0, 0.05) is 11.1 Å². The van der Waals surface area contributed by atoms with Crippen molar-refractivity contribution >= 4 is 17.6 Å². The number of carbonyl (C=O) groups excluding carboxylic acids is 2. The summed E-state index contributed by atoms with van der Waals surface area (Å²) in [4.78, 5) is 28.3. The van der Waals surface area contributed by atoms with E-state index in [1.54, 1.807) is 0 Å². The summed E-state index contributed by atoms with van der Waals surface area (Å²) in [6.07, 6.45) is -1.68. The van der Waals surface area contributed by atoms with E-state index in [2.05, 4.69) is 10.4 Å². The fraction of sp³-hybridized carbons (Fsp3) is 0.400. The molecule has 1 aliphatic heterocycles. The van der Waals surface area contributed by atoms with E-state index >= 15 is 0 Å². The highest BCUT2D eigenvalue weighted by Gasteiger charge is 2.39. The highest BCUT2D eigenvalue weighted by molar-refractivity contribution is 6.20. The molecule has 0 bridgehead atoms. The van der Waals surface area contributed by atoms with Crippen molar-refractivity contribution in [2.24, 2.45) is 0 Å². The molecule has 5 nitrogen and oxygen atoms in total. The standard InChI is InChI=1S/C15H14F3N3O2/c1-8-11(15(16,17)18)6-7-12(19-8)20-21-13(22)9-4-2-3-5-10(9)14(21)23/h6-7H,2-5H2,1H3,(H,19,20). The quantitative estimate of drug-likeness (QED) is 0.849. The van der Waals surface area contributed by atoms with E-state index in [1.807, 2.05) is 0 Å². The summed E-state index contributed by atoms with van der Waals surface area (Å²) in [5, 5.41) is 0.838. The summed E-state index contributed by atoms with van der Waals surface area (Å²) in [5.74, 6) is -0.856. The van der Waals surface area contributed by atoms with Crippen molar-refractivity contribution in [2.45, 2.75) is 38.8 Å². The fourth-order valence-corrected chi connectivity index (χ4v) is 2.88. The van der Waals surface area contributed by atoms with Crippen LogP contribution < -0.4 is 5.43 Å². The smallest absolute Gasteiger partial charge is 0.271 e. The number of rotatable bonds is 2. The Morgan fingerprint density at radius 2 is 1.65 bits per heavy atom. The Kier molecular flexibility index (Phi) is 3.62. The van der Waals surface area contributed by atoms with Crippen LogP contribution in [0.1, 0.15) is 36.9 Å². The Balaban J connectivity index is 1.82. The maximum Gasteiger partial charge on any atom is 0.418 e. The number of carbonyl (C=O) groups is 2. The second-order valence-corrected chi connectivity index (χ2v) is 5.55. The van der Waals surface area contributed by atoms with Gasteiger partial charge in [0.1, 0.15) is 5.82 Å². The molecule has 122 valence electrons. The molecule has 0 atom stereocenters. The van der Waals surface area contributed by atoms with Crippen LogP contribution in [0.2, 0.25) is 0 Å². The normalized spacial score (nSPS) is 18.5. The van der Waals surface area contributed by atoms with Crippen LogP contribution in [0.5, 0.6) is 0 Å². The minimum absolute atomic E-state index is 0.0250. The lowest BCUT2D eigenvalue weighted by Crippen LogP contribution is -2.37. The third-order valence-electron chi connectivity index (χ3n) is 4.01. The highest BCUT2D eigenvalue weighted by Crippen LogP contribution is 2.34. The number of amides is 2. The van der Waals surface area contributed by atoms with E-state index in [9.17, 15) is 22.8 Å². The summed E-state index contributed by atoms with van der Waals surface area (Å²) >= 11 is 0. The lowest BCUT2D eigenvalue weighted by Gasteiger charge is -2.18. The topological polar surface area (TPSA) is 62.3 Å². The molecular formula is C15H14F3N3O2. The van der Waals surface area contributed by atoms with Crippen LogP contribution in [-0.2, 0) is 15.8 Å². The number of hydrogen-bond acceptors (Lipinski definition) is 4. The van der Waals surface area contributed by atoms with Gasteiger partial charge in [-0.3, -0.25) is 15.0 Å². The zero-order chi connectivity index (χ0) is 16.8. The first-order valence-electron chi connectivity index (χ1n) is 7.21. The molecule has 1 aromatic rings. The monoisotopic (exact) mass is 325 g/mol. The van der Waals surface area contributed by atoms with Gasteiger partial charge >= 0.3 is 6.18 Å². The van der Waals surface area contributed by atoms with Crippen LogP contribution >= 0.6 is 0 Å². The van der Waals surface area contributed by atoms with Crippen molar-refractivity contribution < 1.29 is 22.8 Å². The fourth-order valence-electron chi connectivity index (χ4n) is 2.88. The van der Waals surface area contributed by atoms with Crippen molar-refractivity contribution in [3.63, 3.8) is 0 Å². The van der Waals surface area contributed by atoms with E-state index in [0.717, 1.165) is 30.0 Å². The Labute approximate surface area is 130 Å². The minimum Gasteiger partial charge on any atom is -0.271 e. The Hall–Kier alpha value is -2.38. The molecule has 0 radical (unpaired) electrons. The first kappa shape index (κ1) is 15.5. The third-order valence-corrected chi connectivity index (χ3v) is 4.01. The zero-order valence-corrected chi connectivity index (χ0v) is 12.3. The molecule has 0 fully saturated rings. The molecule has 1 aromatic heterocycles. The molecule has 8 heteroatoms. The molecule has 0 aromatic carbocycles. The number of hydrogen-bond donors (Lipinski definition) is 1. The van der Waals surface area contributed by atoms with Gasteiger partial charge in [0.25, 0.3) is 11.8 Å². The molecule has 1 N–H and O–H groups in total. The number of pyridine rings is 1. The number of halogens is 3. The van der Waals surface area contributed by atoms with Crippen molar-refractivity contribution in [3.05, 3.63) is 34.5 Å². The number of imide groups is 1. The molecule has 0 saturated heterocycles. The van der Waals surface area contributed by atoms with Crippen molar-refractivity contribution in [1.29, 1.82) is 0 Å². The van der Waals surface area contributed by atoms with Crippen molar-refractivity contribution in [3.8, 4) is 0 Å². The number of alkyl halides is 3. The summed E-state index contributed by atoms with van der Waals surface area (Å²) in [6.45, 7) is 1.23. The van der Waals surface area contributed by atoms with Crippen LogP contribution in [0.25, 0.3) is 0 Å². The van der Waals surface area contributed by atoms with Gasteiger partial charge < -0.3 is 0 Å². The van der Waals surface area contributed by atoms with Crippen LogP contribution in [0.3, 0.4) is 0 Å². The molecule has 2 heterocycles. The predicted octanol–water partition coefficient (Wildman–Crippen LogP) is 2.98. The van der Waals surface area contributed by atoms with Gasteiger partial charge in [0.05, 0.1) is 11.3 Å². The van der Waals surface area contributed by atoms with Gasteiger partial charge in [-0.25, -0.2) is 4.98 Å². The lowest BCUT2D eigenvalue weighted by molar-refractivity contribution is -0.139. The summed E-state index contributed by atoms with van der Waals surface area (Å²) in [6, 6.07) is 1.98. The molecule has 0 saturated carbocycles. The lowest BCUT2D eigenvalue weighted by atomic mass is 9.93. The Bertz CT molecular complexity index is 697. The van der Waals surface area contributed by atoms with Gasteiger partial charge in [-0.15, -0.1) is 0 Å². The molecular weight excluding hydrogens is 311 g/mol. The zero-order valence-electron chi connectivity index (χ0n) is 12.3. The summed E-state index contributed by atoms with van der Waals surface area (Å²) in [7, 11) is 0. The largest absolute Gasteiger partial charge is 0.418 e. The maximum atomic E-state index is 12.7. The van der Waals surface area contributed by atoms with E-state index < -0.39 is 23.6 Å². The van der Waals surface area contributed by atoms with Gasteiger partial charge in [-0.2, -0.15) is 18.2 Å². The van der Waals surface area contributed by atoms with Crippen LogP contribution in [0.15, 0.2) is 23.3 Å². The number of nitrogens with zero attached hydrogens (tertiary/aromatic N) is 2. The van der Waals surface area contributed by atoms with Crippen molar-refractivity contribution in [2.75, 3.05) is 5.43 Å². The SMILES string of the molecule is Cc1nc(NN2C(=O)C3=C(CCCC3)C2=O)ccc1C(F)(F)F. The highest BCUT2D eigenvalue weighted by atomic mass is 19.4. The minimum atomic E-state index is -4.49. The first-order chi connectivity index (χ1) is 10.8. The second-order valence-electron chi connectivity index (χ2n) is 5.55. The number of hydrazine groups is 1. The van der Waals surface area contributed by atoms with Crippen molar-refractivity contribution in [1.82, 2.24) is 9.99 Å². The van der Waals surface area contributed by atoms with E-state index in [0.29, 0.717) is 24.0 Å². The first-order valence-corrected chi connectivity index (χ1v) is 7.21. The summed E-state index contributed by atoms with van der Waals surface area (Å²) < 4.78 is 38.2. The predicted molar refractivity (Wildman–Crippen MR) is 74.9 cm³/mol. The second kappa shape index (κ2) is 5.36. The van der Waals surface area contributed by atoms with Gasteiger partial charge in [-0.1, -0.05) is 0 Å². The number of aryl methyl sites for hydroxylation is 1. The Morgan fingerprint density at radius 1 is 1.09 bits per heavy atom. The maximum absolute atomic E-state index is 12.7. The van der Waals surface area contributed by atoms with Gasteiger partial charge in [0.15, 0.2) is 0 Å². The van der Waals surface area contributed by atoms with E-state index in [-0.39, 0.29) is 11.5 Å². The van der Waals surface area contributed by atoms with Crippen LogP contribution in [-0.4, -0.2) is 21.8 Å². The third kappa shape index (κ3) is 2.69. The van der Waals surface area contributed by atoms with E-state index in [4.69, 9.17) is 0 Å². The van der Waals surface area contributed by atoms with Gasteiger partial charge in [0.2, 0.25) is 0 Å². The number of aromatic nitrogens is 1.